The fourth-order valence-electron chi connectivity index (χ4n) is 3.37. The molecule has 1 aliphatic heterocycles. The van der Waals surface area contributed by atoms with E-state index in [1.54, 1.807) is 29.7 Å². The maximum atomic E-state index is 13.4. The smallest absolute Gasteiger partial charge is 0.338 e. The van der Waals surface area contributed by atoms with Gasteiger partial charge in [0.25, 0.3) is 5.56 Å². The second-order valence-electron chi connectivity index (χ2n) is 7.64. The quantitative estimate of drug-likeness (QED) is 0.524. The molecule has 4 rings (SSSR count). The average molecular weight is 473 g/mol. The lowest BCUT2D eigenvalue weighted by Crippen LogP contribution is -2.39. The number of fused-ring (bicyclic) bond motifs is 1. The van der Waals surface area contributed by atoms with Crippen LogP contribution < -0.4 is 14.9 Å². The van der Waals surface area contributed by atoms with E-state index in [4.69, 9.17) is 16.3 Å². The maximum absolute atomic E-state index is 13.4. The van der Waals surface area contributed by atoms with Crippen LogP contribution in [-0.4, -0.2) is 17.1 Å². The summed E-state index contributed by atoms with van der Waals surface area (Å²) in [5.74, 6) is -0.221. The number of nitrogens with zero attached hydrogens (tertiary/aromatic N) is 2. The molecule has 5 nitrogen and oxygen atoms in total. The molecule has 31 heavy (non-hydrogen) atoms. The minimum atomic E-state index is -0.558. The number of hydrogen-bond donors (Lipinski definition) is 0. The number of ether oxygens (including phenoxy) is 1. The summed E-state index contributed by atoms with van der Waals surface area (Å²) in [5.41, 5.74) is 1.62. The number of thiophene rings is 1. The third-order valence-electron chi connectivity index (χ3n) is 4.75. The summed E-state index contributed by atoms with van der Waals surface area (Å²) in [6.07, 6.45) is 1.80. The van der Waals surface area contributed by atoms with Crippen molar-refractivity contribution in [3.8, 4) is 0 Å². The van der Waals surface area contributed by atoms with Crippen LogP contribution in [0.25, 0.3) is 6.08 Å². The number of allylic oxidation sites excluding steroid dienone is 1. The molecule has 1 atom stereocenters. The number of rotatable bonds is 5. The Kier molecular flexibility index (Phi) is 6.27. The Morgan fingerprint density at radius 3 is 2.81 bits per heavy atom. The lowest BCUT2D eigenvalue weighted by atomic mass is 10.0. The molecule has 0 bridgehead atoms. The second-order valence-corrected chi connectivity index (χ2v) is 10.1. The van der Waals surface area contributed by atoms with Crippen LogP contribution in [0.2, 0.25) is 5.02 Å². The van der Waals surface area contributed by atoms with E-state index in [9.17, 15) is 9.59 Å². The number of hydrogen-bond acceptors (Lipinski definition) is 6. The summed E-state index contributed by atoms with van der Waals surface area (Å²) in [6.45, 7) is 6.07. The minimum Gasteiger partial charge on any atom is -0.462 e. The molecule has 3 aromatic rings. The second kappa shape index (κ2) is 8.94. The predicted octanol–water partition coefficient (Wildman–Crippen LogP) is 4.15. The van der Waals surface area contributed by atoms with Gasteiger partial charge in [0.1, 0.15) is 6.04 Å². The van der Waals surface area contributed by atoms with Crippen molar-refractivity contribution in [1.29, 1.82) is 0 Å². The van der Waals surface area contributed by atoms with Gasteiger partial charge in [-0.3, -0.25) is 9.36 Å². The number of aromatic nitrogens is 1. The van der Waals surface area contributed by atoms with Gasteiger partial charge in [-0.15, -0.1) is 11.3 Å². The molecule has 0 saturated heterocycles. The van der Waals surface area contributed by atoms with Crippen LogP contribution in [0, 0.1) is 5.92 Å². The third kappa shape index (κ3) is 4.44. The molecule has 1 unspecified atom stereocenters. The zero-order chi connectivity index (χ0) is 22.1. The third-order valence-corrected chi connectivity index (χ3v) is 6.89. The van der Waals surface area contributed by atoms with Crippen molar-refractivity contribution in [2.24, 2.45) is 10.9 Å². The van der Waals surface area contributed by atoms with Gasteiger partial charge in [-0.2, -0.15) is 0 Å². The number of carbonyl (C=O) groups excluding carboxylic acids is 1. The van der Waals surface area contributed by atoms with Crippen LogP contribution in [0.3, 0.4) is 0 Å². The van der Waals surface area contributed by atoms with E-state index in [0.29, 0.717) is 32.2 Å². The van der Waals surface area contributed by atoms with Crippen molar-refractivity contribution >= 4 is 46.3 Å². The molecule has 0 amide bonds. The summed E-state index contributed by atoms with van der Waals surface area (Å²) in [4.78, 5) is 32.5. The van der Waals surface area contributed by atoms with Gasteiger partial charge >= 0.3 is 5.97 Å². The minimum absolute atomic E-state index is 0.191. The highest BCUT2D eigenvalue weighted by Crippen LogP contribution is 2.33. The van der Waals surface area contributed by atoms with E-state index in [0.717, 1.165) is 10.4 Å². The van der Waals surface area contributed by atoms with Crippen LogP contribution in [-0.2, 0) is 9.53 Å². The highest BCUT2D eigenvalue weighted by molar-refractivity contribution is 7.10. The fourth-order valence-corrected chi connectivity index (χ4v) is 5.44. The molecule has 1 aromatic carbocycles. The van der Waals surface area contributed by atoms with Crippen molar-refractivity contribution < 1.29 is 9.53 Å². The molecule has 160 valence electrons. The Morgan fingerprint density at radius 2 is 2.13 bits per heavy atom. The first kappa shape index (κ1) is 21.7. The molecule has 8 heteroatoms. The lowest BCUT2D eigenvalue weighted by Gasteiger charge is -2.23. The van der Waals surface area contributed by atoms with Gasteiger partial charge in [-0.25, -0.2) is 9.79 Å². The van der Waals surface area contributed by atoms with Crippen LogP contribution in [0.15, 0.2) is 62.8 Å². The van der Waals surface area contributed by atoms with E-state index < -0.39 is 12.0 Å². The Morgan fingerprint density at radius 1 is 1.32 bits per heavy atom. The van der Waals surface area contributed by atoms with Crippen molar-refractivity contribution in [3.63, 3.8) is 0 Å². The monoisotopic (exact) mass is 472 g/mol. The van der Waals surface area contributed by atoms with E-state index >= 15 is 0 Å². The van der Waals surface area contributed by atoms with Crippen LogP contribution in [0.5, 0.6) is 0 Å². The molecule has 0 N–H and O–H groups in total. The largest absolute Gasteiger partial charge is 0.462 e. The standard InChI is InChI=1S/C23H21ClN2O3S2/c1-13(2)12-29-22(28)19-14(3)25-23-26(20(19)17-8-5-9-30-17)21(27)18(31-23)11-15-6-4-7-16(24)10-15/h4-11,13,20H,12H2,1-3H3. The molecule has 3 heterocycles. The lowest BCUT2D eigenvalue weighted by molar-refractivity contribution is -0.140. The van der Waals surface area contributed by atoms with Gasteiger partial charge in [0.2, 0.25) is 0 Å². The maximum Gasteiger partial charge on any atom is 0.338 e. The fraction of sp³-hybridized carbons (Fsp3) is 0.261. The SMILES string of the molecule is CC1=C(C(=O)OCC(C)C)C(c2cccs2)n2c(sc(=Cc3cccc(Cl)c3)c2=O)=N1. The van der Waals surface area contributed by atoms with Gasteiger partial charge in [0, 0.05) is 9.90 Å². The van der Waals surface area contributed by atoms with Gasteiger partial charge in [0.05, 0.1) is 22.4 Å². The zero-order valence-electron chi connectivity index (χ0n) is 17.3. The first-order valence-corrected chi connectivity index (χ1v) is 11.9. The zero-order valence-corrected chi connectivity index (χ0v) is 19.7. The molecule has 0 saturated carbocycles. The van der Waals surface area contributed by atoms with Crippen LogP contribution >= 0.6 is 34.3 Å². The molecule has 0 fully saturated rings. The number of esters is 1. The van der Waals surface area contributed by atoms with Gasteiger partial charge < -0.3 is 4.74 Å². The van der Waals surface area contributed by atoms with E-state index in [2.05, 4.69) is 4.99 Å². The predicted molar refractivity (Wildman–Crippen MR) is 125 cm³/mol. The van der Waals surface area contributed by atoms with Crippen molar-refractivity contribution in [3.05, 3.63) is 88.2 Å². The number of thiazole rings is 1. The van der Waals surface area contributed by atoms with Crippen molar-refractivity contribution in [1.82, 2.24) is 4.57 Å². The highest BCUT2D eigenvalue weighted by atomic mass is 35.5. The van der Waals surface area contributed by atoms with Gasteiger partial charge in [-0.05, 0) is 48.1 Å². The van der Waals surface area contributed by atoms with E-state index in [1.807, 2.05) is 43.5 Å². The first-order valence-electron chi connectivity index (χ1n) is 9.84. The normalized spacial score (nSPS) is 16.4. The Hall–Kier alpha value is -2.48. The molecule has 2 aromatic heterocycles. The summed E-state index contributed by atoms with van der Waals surface area (Å²) >= 11 is 8.89. The Bertz CT molecular complexity index is 1330. The number of carbonyl (C=O) groups is 1. The molecule has 0 radical (unpaired) electrons. The summed E-state index contributed by atoms with van der Waals surface area (Å²) in [7, 11) is 0. The molecule has 1 aliphatic rings. The molecular weight excluding hydrogens is 452 g/mol. The van der Waals surface area contributed by atoms with Gasteiger partial charge in [0.15, 0.2) is 4.80 Å². The molecule has 0 spiro atoms. The van der Waals surface area contributed by atoms with Crippen molar-refractivity contribution in [2.45, 2.75) is 26.8 Å². The van der Waals surface area contributed by atoms with E-state index in [-0.39, 0.29) is 11.5 Å². The first-order chi connectivity index (χ1) is 14.8. The van der Waals surface area contributed by atoms with Crippen LogP contribution in [0.1, 0.15) is 37.3 Å². The molecule has 0 aliphatic carbocycles. The average Bonchev–Trinajstić information content (AvgIpc) is 3.34. The summed E-state index contributed by atoms with van der Waals surface area (Å²) < 4.78 is 7.66. The van der Waals surface area contributed by atoms with Crippen molar-refractivity contribution in [2.75, 3.05) is 6.61 Å². The highest BCUT2D eigenvalue weighted by Gasteiger charge is 2.34. The Balaban J connectivity index is 1.88. The summed E-state index contributed by atoms with van der Waals surface area (Å²) in [6, 6.07) is 10.6. The Labute approximate surface area is 192 Å². The number of benzene rings is 1. The van der Waals surface area contributed by atoms with Gasteiger partial charge in [-0.1, -0.05) is 55.0 Å². The van der Waals surface area contributed by atoms with Crippen LogP contribution in [0.4, 0.5) is 0 Å². The number of halogens is 1. The van der Waals surface area contributed by atoms with E-state index in [1.165, 1.54) is 22.7 Å². The summed E-state index contributed by atoms with van der Waals surface area (Å²) in [5, 5.41) is 2.54. The molecular formula is C23H21ClN2O3S2. The topological polar surface area (TPSA) is 60.7 Å².